The normalized spacial score (nSPS) is 10.8. The minimum Gasteiger partial charge on any atom is -0.383 e. The lowest BCUT2D eigenvalue weighted by Gasteiger charge is -2.09. The van der Waals surface area contributed by atoms with Crippen LogP contribution in [0.25, 0.3) is 10.9 Å². The van der Waals surface area contributed by atoms with Crippen molar-refractivity contribution in [3.05, 3.63) is 58.8 Å². The Kier molecular flexibility index (Phi) is 3.69. The van der Waals surface area contributed by atoms with Crippen molar-refractivity contribution >= 4 is 22.3 Å². The molecule has 0 aliphatic heterocycles. The van der Waals surface area contributed by atoms with Gasteiger partial charge in [0.05, 0.1) is 22.3 Å². The van der Waals surface area contributed by atoms with E-state index in [0.29, 0.717) is 17.4 Å². The first kappa shape index (κ1) is 14.0. The quantitative estimate of drug-likeness (QED) is 0.577. The van der Waals surface area contributed by atoms with Crippen LogP contribution in [0.3, 0.4) is 0 Å². The molecular weight excluding hydrogens is 282 g/mol. The average Bonchev–Trinajstić information content (AvgIpc) is 2.92. The molecule has 0 atom stereocenters. The van der Waals surface area contributed by atoms with E-state index in [4.69, 9.17) is 0 Å². The summed E-state index contributed by atoms with van der Waals surface area (Å²) in [4.78, 5) is 19.0. The summed E-state index contributed by atoms with van der Waals surface area (Å²) in [5.74, 6) is 0. The van der Waals surface area contributed by atoms with Gasteiger partial charge in [0.1, 0.15) is 5.52 Å². The molecule has 1 N–H and O–H groups in total. The summed E-state index contributed by atoms with van der Waals surface area (Å²) in [5.41, 5.74) is 2.59. The van der Waals surface area contributed by atoms with Gasteiger partial charge in [-0.1, -0.05) is 0 Å². The van der Waals surface area contributed by atoms with Crippen molar-refractivity contribution < 1.29 is 4.92 Å². The van der Waals surface area contributed by atoms with Crippen molar-refractivity contribution in [1.82, 2.24) is 14.5 Å². The van der Waals surface area contributed by atoms with Crippen LogP contribution < -0.4 is 5.32 Å². The number of pyridine rings is 1. The molecule has 112 valence electrons. The summed E-state index contributed by atoms with van der Waals surface area (Å²) >= 11 is 0. The fourth-order valence-electron chi connectivity index (χ4n) is 2.41. The second-order valence-corrected chi connectivity index (χ2v) is 4.96. The lowest BCUT2D eigenvalue weighted by atomic mass is 10.1. The van der Waals surface area contributed by atoms with Crippen LogP contribution in [0.1, 0.15) is 5.69 Å². The largest absolute Gasteiger partial charge is 0.383 e. The number of nitrogens with zero attached hydrogens (tertiary/aromatic N) is 4. The second kappa shape index (κ2) is 5.80. The highest BCUT2D eigenvalue weighted by Gasteiger charge is 2.14. The molecule has 1 aromatic carbocycles. The fourth-order valence-corrected chi connectivity index (χ4v) is 2.41. The van der Waals surface area contributed by atoms with Gasteiger partial charge in [0.15, 0.2) is 0 Å². The zero-order valence-corrected chi connectivity index (χ0v) is 12.1. The third kappa shape index (κ3) is 2.60. The molecule has 3 rings (SSSR count). The first-order valence-corrected chi connectivity index (χ1v) is 6.88. The molecular formula is C15H15N5O2. The number of fused-ring (bicyclic) bond motifs is 1. The van der Waals surface area contributed by atoms with E-state index in [0.717, 1.165) is 17.8 Å². The molecule has 7 nitrogen and oxygen atoms in total. The van der Waals surface area contributed by atoms with Gasteiger partial charge in [0, 0.05) is 44.2 Å². The summed E-state index contributed by atoms with van der Waals surface area (Å²) in [5, 5.41) is 14.9. The monoisotopic (exact) mass is 297 g/mol. The number of benzene rings is 1. The predicted molar refractivity (Wildman–Crippen MR) is 83.8 cm³/mol. The summed E-state index contributed by atoms with van der Waals surface area (Å²) in [6.07, 6.45) is 6.03. The molecule has 7 heteroatoms. The molecule has 0 spiro atoms. The first-order chi connectivity index (χ1) is 10.7. The van der Waals surface area contributed by atoms with Crippen LogP contribution in [0.5, 0.6) is 0 Å². The van der Waals surface area contributed by atoms with Crippen molar-refractivity contribution in [2.24, 2.45) is 7.05 Å². The maximum Gasteiger partial charge on any atom is 0.278 e. The zero-order chi connectivity index (χ0) is 15.5. The minimum absolute atomic E-state index is 0.0697. The zero-order valence-electron chi connectivity index (χ0n) is 12.1. The standard InChI is InChI=1S/C15H15N5O2/c1-19-10-16-9-11(19)6-8-17-13-4-5-14(20(21)22)12-3-2-7-18-15(12)13/h2-5,7,9-10,17H,6,8H2,1H3. The van der Waals surface area contributed by atoms with Crippen LogP contribution in [0.4, 0.5) is 11.4 Å². The molecule has 0 fully saturated rings. The van der Waals surface area contributed by atoms with E-state index >= 15 is 0 Å². The lowest BCUT2D eigenvalue weighted by Crippen LogP contribution is -2.08. The van der Waals surface area contributed by atoms with Crippen molar-refractivity contribution in [3.63, 3.8) is 0 Å². The minimum atomic E-state index is -0.385. The molecule has 0 saturated carbocycles. The van der Waals surface area contributed by atoms with Crippen LogP contribution in [-0.4, -0.2) is 26.0 Å². The van der Waals surface area contributed by atoms with Gasteiger partial charge in [0.25, 0.3) is 5.69 Å². The summed E-state index contributed by atoms with van der Waals surface area (Å²) in [6.45, 7) is 0.697. The maximum absolute atomic E-state index is 11.1. The summed E-state index contributed by atoms with van der Waals surface area (Å²) in [6, 6.07) is 6.63. The van der Waals surface area contributed by atoms with Gasteiger partial charge in [-0.2, -0.15) is 0 Å². The highest BCUT2D eigenvalue weighted by Crippen LogP contribution is 2.29. The molecule has 0 saturated heterocycles. The van der Waals surface area contributed by atoms with Gasteiger partial charge >= 0.3 is 0 Å². The van der Waals surface area contributed by atoms with Crippen LogP contribution in [0.2, 0.25) is 0 Å². The number of nitrogens with one attached hydrogen (secondary N) is 1. The molecule has 0 aliphatic carbocycles. The number of hydrogen-bond acceptors (Lipinski definition) is 5. The van der Waals surface area contributed by atoms with Gasteiger partial charge in [-0.05, 0) is 18.2 Å². The van der Waals surface area contributed by atoms with E-state index in [2.05, 4.69) is 15.3 Å². The number of aryl methyl sites for hydroxylation is 1. The maximum atomic E-state index is 11.1. The molecule has 2 aromatic heterocycles. The van der Waals surface area contributed by atoms with Crippen LogP contribution in [0.15, 0.2) is 43.0 Å². The number of hydrogen-bond donors (Lipinski definition) is 1. The van der Waals surface area contributed by atoms with Crippen molar-refractivity contribution in [3.8, 4) is 0 Å². The highest BCUT2D eigenvalue weighted by atomic mass is 16.6. The number of nitro groups is 1. The Morgan fingerprint density at radius 1 is 1.36 bits per heavy atom. The Balaban J connectivity index is 1.84. The molecule has 22 heavy (non-hydrogen) atoms. The SMILES string of the molecule is Cn1cncc1CCNc1ccc([N+](=O)[O-])c2cccnc12. The van der Waals surface area contributed by atoms with E-state index in [9.17, 15) is 10.1 Å². The van der Waals surface area contributed by atoms with E-state index in [1.54, 1.807) is 30.7 Å². The first-order valence-electron chi connectivity index (χ1n) is 6.88. The van der Waals surface area contributed by atoms with E-state index in [-0.39, 0.29) is 10.6 Å². The molecule has 0 unspecified atom stereocenters. The van der Waals surface area contributed by atoms with Gasteiger partial charge in [-0.15, -0.1) is 0 Å². The number of rotatable bonds is 5. The molecule has 0 bridgehead atoms. The summed E-state index contributed by atoms with van der Waals surface area (Å²) < 4.78 is 1.97. The van der Waals surface area contributed by atoms with Gasteiger partial charge in [0.2, 0.25) is 0 Å². The van der Waals surface area contributed by atoms with Crippen molar-refractivity contribution in [1.29, 1.82) is 0 Å². The highest BCUT2D eigenvalue weighted by molar-refractivity contribution is 5.96. The number of anilines is 1. The van der Waals surface area contributed by atoms with E-state index in [1.807, 2.05) is 17.8 Å². The smallest absolute Gasteiger partial charge is 0.278 e. The fraction of sp³-hybridized carbons (Fsp3) is 0.200. The summed E-state index contributed by atoms with van der Waals surface area (Å²) in [7, 11) is 1.95. The van der Waals surface area contributed by atoms with E-state index < -0.39 is 0 Å². The van der Waals surface area contributed by atoms with Crippen LogP contribution >= 0.6 is 0 Å². The van der Waals surface area contributed by atoms with Gasteiger partial charge in [-0.25, -0.2) is 4.98 Å². The van der Waals surface area contributed by atoms with Gasteiger partial charge in [-0.3, -0.25) is 15.1 Å². The number of aromatic nitrogens is 3. The van der Waals surface area contributed by atoms with E-state index in [1.165, 1.54) is 6.07 Å². The molecule has 2 heterocycles. The Morgan fingerprint density at radius 2 is 2.23 bits per heavy atom. The van der Waals surface area contributed by atoms with Crippen LogP contribution in [0, 0.1) is 10.1 Å². The Labute approximate surface area is 126 Å². The Bertz CT molecular complexity index is 828. The predicted octanol–water partition coefficient (Wildman–Crippen LogP) is 2.53. The number of nitro benzene ring substituents is 1. The van der Waals surface area contributed by atoms with Crippen molar-refractivity contribution in [2.45, 2.75) is 6.42 Å². The third-order valence-corrected chi connectivity index (χ3v) is 3.56. The molecule has 0 amide bonds. The second-order valence-electron chi connectivity index (χ2n) is 4.96. The molecule has 3 aromatic rings. The Morgan fingerprint density at radius 3 is 2.95 bits per heavy atom. The number of non-ortho nitro benzene ring substituents is 1. The average molecular weight is 297 g/mol. The van der Waals surface area contributed by atoms with Crippen molar-refractivity contribution in [2.75, 3.05) is 11.9 Å². The molecule has 0 aliphatic rings. The van der Waals surface area contributed by atoms with Crippen LogP contribution in [-0.2, 0) is 13.5 Å². The number of imidazole rings is 1. The lowest BCUT2D eigenvalue weighted by molar-refractivity contribution is -0.383. The molecule has 0 radical (unpaired) electrons. The topological polar surface area (TPSA) is 85.9 Å². The Hall–Kier alpha value is -2.96. The van der Waals surface area contributed by atoms with Gasteiger partial charge < -0.3 is 9.88 Å². The third-order valence-electron chi connectivity index (χ3n) is 3.56.